The predicted octanol–water partition coefficient (Wildman–Crippen LogP) is 1.88. The summed E-state index contributed by atoms with van der Waals surface area (Å²) >= 11 is 0. The Morgan fingerprint density at radius 1 is 1.25 bits per heavy atom. The first-order valence-corrected chi connectivity index (χ1v) is 6.36. The van der Waals surface area contributed by atoms with Crippen LogP contribution in [0.4, 0.5) is 0 Å². The van der Waals surface area contributed by atoms with E-state index in [4.69, 9.17) is 4.74 Å². The topological polar surface area (TPSA) is 29.5 Å². The average molecular weight is 221 g/mol. The number of rotatable bonds is 1. The van der Waals surface area contributed by atoms with Crippen molar-refractivity contribution in [3.05, 3.63) is 12.2 Å². The largest absolute Gasteiger partial charge is 0.368 e. The van der Waals surface area contributed by atoms with Gasteiger partial charge in [-0.2, -0.15) is 0 Å². The second kappa shape index (κ2) is 3.88. The molecule has 0 aromatic carbocycles. The minimum Gasteiger partial charge on any atom is -0.368 e. The molecule has 3 unspecified atom stereocenters. The molecular formula is C13H19NO2. The van der Waals surface area contributed by atoms with Crippen LogP contribution in [0.5, 0.6) is 0 Å². The summed E-state index contributed by atoms with van der Waals surface area (Å²) in [5.74, 6) is 0.248. The number of amides is 1. The van der Waals surface area contributed by atoms with E-state index in [2.05, 4.69) is 11.5 Å². The van der Waals surface area contributed by atoms with Gasteiger partial charge in [0, 0.05) is 18.7 Å². The van der Waals surface area contributed by atoms with Crippen LogP contribution >= 0.6 is 0 Å². The van der Waals surface area contributed by atoms with Crippen LogP contribution in [0, 0.1) is 0 Å². The molecule has 3 fully saturated rings. The van der Waals surface area contributed by atoms with E-state index in [0.29, 0.717) is 12.1 Å². The molecule has 3 aliphatic heterocycles. The van der Waals surface area contributed by atoms with Gasteiger partial charge in [0.05, 0.1) is 0 Å². The third-order valence-electron chi connectivity index (χ3n) is 4.13. The maximum Gasteiger partial charge on any atom is 0.252 e. The quantitative estimate of drug-likeness (QED) is 0.633. The molecule has 0 spiro atoms. The zero-order chi connectivity index (χ0) is 11.1. The predicted molar refractivity (Wildman–Crippen MR) is 61.0 cm³/mol. The van der Waals surface area contributed by atoms with E-state index in [1.54, 1.807) is 0 Å². The van der Waals surface area contributed by atoms with Crippen molar-refractivity contribution in [2.24, 2.45) is 0 Å². The molecule has 3 rings (SSSR count). The monoisotopic (exact) mass is 221 g/mol. The van der Waals surface area contributed by atoms with Gasteiger partial charge < -0.3 is 9.64 Å². The smallest absolute Gasteiger partial charge is 0.252 e. The molecule has 3 saturated heterocycles. The van der Waals surface area contributed by atoms with E-state index in [9.17, 15) is 4.79 Å². The number of ether oxygens (including phenoxy) is 1. The fraction of sp³-hybridized carbons (Fsp3) is 0.769. The van der Waals surface area contributed by atoms with Gasteiger partial charge in [0.25, 0.3) is 5.91 Å². The summed E-state index contributed by atoms with van der Waals surface area (Å²) in [6.07, 6.45) is 6.13. The maximum absolute atomic E-state index is 12.3. The van der Waals surface area contributed by atoms with Crippen molar-refractivity contribution < 1.29 is 9.53 Å². The van der Waals surface area contributed by atoms with E-state index < -0.39 is 0 Å². The van der Waals surface area contributed by atoms with E-state index >= 15 is 0 Å². The molecule has 0 radical (unpaired) electrons. The highest BCUT2D eigenvalue weighted by Crippen LogP contribution is 2.38. The Morgan fingerprint density at radius 2 is 1.94 bits per heavy atom. The van der Waals surface area contributed by atoms with E-state index in [1.165, 1.54) is 5.57 Å². The molecule has 0 N–H and O–H groups in total. The molecular weight excluding hydrogens is 202 g/mol. The summed E-state index contributed by atoms with van der Waals surface area (Å²) in [5, 5.41) is 0. The van der Waals surface area contributed by atoms with Crippen LogP contribution in [-0.4, -0.2) is 35.6 Å². The van der Waals surface area contributed by atoms with Crippen LogP contribution in [0.3, 0.4) is 0 Å². The summed E-state index contributed by atoms with van der Waals surface area (Å²) in [6, 6.07) is 0.839. The second-order valence-electron chi connectivity index (χ2n) is 5.29. The fourth-order valence-corrected chi connectivity index (χ4v) is 3.41. The van der Waals surface area contributed by atoms with E-state index in [0.717, 1.165) is 45.1 Å². The van der Waals surface area contributed by atoms with Crippen LogP contribution in [-0.2, 0) is 9.53 Å². The number of hydrogen-bond donors (Lipinski definition) is 0. The highest BCUT2D eigenvalue weighted by molar-refractivity contribution is 5.82. The lowest BCUT2D eigenvalue weighted by atomic mass is 9.97. The van der Waals surface area contributed by atoms with Gasteiger partial charge in [-0.1, -0.05) is 12.2 Å². The molecule has 3 nitrogen and oxygen atoms in total. The molecule has 3 heterocycles. The normalized spacial score (nSPS) is 38.1. The van der Waals surface area contributed by atoms with Crippen LogP contribution in [0.15, 0.2) is 12.2 Å². The van der Waals surface area contributed by atoms with Gasteiger partial charge in [-0.3, -0.25) is 4.79 Å². The third-order valence-corrected chi connectivity index (χ3v) is 4.13. The zero-order valence-electron chi connectivity index (χ0n) is 9.65. The van der Waals surface area contributed by atoms with Gasteiger partial charge in [0.2, 0.25) is 0 Å². The molecule has 1 amide bonds. The lowest BCUT2D eigenvalue weighted by molar-refractivity contribution is -0.144. The molecule has 0 saturated carbocycles. The summed E-state index contributed by atoms with van der Waals surface area (Å²) in [6.45, 7) is 4.83. The van der Waals surface area contributed by atoms with Gasteiger partial charge in [-0.05, 0) is 38.5 Å². The summed E-state index contributed by atoms with van der Waals surface area (Å²) < 4.78 is 5.51. The summed E-state index contributed by atoms with van der Waals surface area (Å²) in [4.78, 5) is 14.5. The Hall–Kier alpha value is -0.830. The third kappa shape index (κ3) is 1.58. The average Bonchev–Trinajstić information content (AvgIpc) is 2.85. The lowest BCUT2D eigenvalue weighted by Gasteiger charge is -2.37. The van der Waals surface area contributed by atoms with Gasteiger partial charge in [0.1, 0.15) is 6.10 Å². The van der Waals surface area contributed by atoms with Crippen LogP contribution in [0.25, 0.3) is 0 Å². The van der Waals surface area contributed by atoms with Gasteiger partial charge in [-0.25, -0.2) is 0 Å². The number of fused-ring (bicyclic) bond motifs is 2. The van der Waals surface area contributed by atoms with Gasteiger partial charge >= 0.3 is 0 Å². The van der Waals surface area contributed by atoms with Crippen molar-refractivity contribution in [2.45, 2.75) is 56.7 Å². The summed E-state index contributed by atoms with van der Waals surface area (Å²) in [5.41, 5.74) is 1.32. The molecule has 3 heteroatoms. The Kier molecular flexibility index (Phi) is 2.51. The van der Waals surface area contributed by atoms with Crippen LogP contribution in [0.2, 0.25) is 0 Å². The Bertz CT molecular complexity index is 304. The van der Waals surface area contributed by atoms with Crippen molar-refractivity contribution in [3.63, 3.8) is 0 Å². The highest BCUT2D eigenvalue weighted by atomic mass is 16.5. The maximum atomic E-state index is 12.3. The number of hydrogen-bond acceptors (Lipinski definition) is 2. The zero-order valence-corrected chi connectivity index (χ0v) is 9.65. The number of piperidine rings is 1. The van der Waals surface area contributed by atoms with E-state index in [1.807, 2.05) is 0 Å². The van der Waals surface area contributed by atoms with Crippen molar-refractivity contribution in [1.29, 1.82) is 0 Å². The first-order valence-electron chi connectivity index (χ1n) is 6.36. The van der Waals surface area contributed by atoms with Crippen molar-refractivity contribution >= 4 is 5.91 Å². The second-order valence-corrected chi connectivity index (χ2v) is 5.29. The molecule has 3 aliphatic rings. The molecule has 88 valence electrons. The molecule has 16 heavy (non-hydrogen) atoms. The molecule has 3 atom stereocenters. The minimum absolute atomic E-state index is 0.144. The van der Waals surface area contributed by atoms with Crippen molar-refractivity contribution in [1.82, 2.24) is 4.90 Å². The Morgan fingerprint density at radius 3 is 2.50 bits per heavy atom. The number of carbonyl (C=O) groups excluding carboxylic acids is 1. The lowest BCUT2D eigenvalue weighted by Crippen LogP contribution is -2.48. The number of nitrogens with zero attached hydrogens (tertiary/aromatic N) is 1. The fourth-order valence-electron chi connectivity index (χ4n) is 3.41. The van der Waals surface area contributed by atoms with Crippen molar-refractivity contribution in [2.75, 3.05) is 6.61 Å². The first kappa shape index (κ1) is 10.3. The standard InChI is InChI=1S/C13H19NO2/c1-9-7-10-4-5-11(8-9)14(10)13(15)12-3-2-6-16-12/h10-12H,1-8H2. The van der Waals surface area contributed by atoms with Crippen LogP contribution < -0.4 is 0 Å². The number of carbonyl (C=O) groups is 1. The summed E-state index contributed by atoms with van der Waals surface area (Å²) in [7, 11) is 0. The van der Waals surface area contributed by atoms with E-state index in [-0.39, 0.29) is 12.0 Å². The Balaban J connectivity index is 1.75. The van der Waals surface area contributed by atoms with Crippen molar-refractivity contribution in [3.8, 4) is 0 Å². The highest BCUT2D eigenvalue weighted by Gasteiger charge is 2.43. The first-order chi connectivity index (χ1) is 7.75. The SMILES string of the molecule is C=C1CC2CCC(C1)N2C(=O)C1CCCO1. The van der Waals surface area contributed by atoms with Gasteiger partial charge in [0.15, 0.2) is 0 Å². The molecule has 0 aromatic rings. The molecule has 2 bridgehead atoms. The van der Waals surface area contributed by atoms with Crippen LogP contribution in [0.1, 0.15) is 38.5 Å². The Labute approximate surface area is 96.4 Å². The van der Waals surface area contributed by atoms with Gasteiger partial charge in [-0.15, -0.1) is 0 Å². The molecule has 0 aromatic heterocycles. The minimum atomic E-state index is -0.144. The molecule has 0 aliphatic carbocycles.